The van der Waals surface area contributed by atoms with E-state index in [4.69, 9.17) is 0 Å². The highest BCUT2D eigenvalue weighted by molar-refractivity contribution is 7.99. The van der Waals surface area contributed by atoms with Crippen LogP contribution in [-0.4, -0.2) is 27.4 Å². The molecule has 0 fully saturated rings. The molecular weight excluding hydrogens is 394 g/mol. The van der Waals surface area contributed by atoms with Crippen LogP contribution in [0.3, 0.4) is 0 Å². The number of nitrogens with one attached hydrogen (secondary N) is 2. The summed E-state index contributed by atoms with van der Waals surface area (Å²) in [6.07, 6.45) is 0. The predicted molar refractivity (Wildman–Crippen MR) is 122 cm³/mol. The monoisotopic (exact) mass is 415 g/mol. The standard InChI is InChI=1S/C24H21N3O2S/c1-16-7-10-19(11-8-16)25-23(28)15-30-14-22-26-20-12-9-18(13-21(20)27-22)24(29)17-5-3-2-4-6-17/h2-13H,14-15H2,1H3,(H,25,28)(H,26,27). The average Bonchev–Trinajstić information content (AvgIpc) is 3.17. The fourth-order valence-corrected chi connectivity index (χ4v) is 3.79. The number of anilines is 1. The van der Waals surface area contributed by atoms with Crippen molar-refractivity contribution in [1.29, 1.82) is 0 Å². The minimum absolute atomic E-state index is 0.0178. The van der Waals surface area contributed by atoms with Gasteiger partial charge in [0.15, 0.2) is 5.78 Å². The molecule has 4 rings (SSSR count). The molecule has 4 aromatic rings. The third-order valence-corrected chi connectivity index (χ3v) is 5.58. The van der Waals surface area contributed by atoms with E-state index < -0.39 is 0 Å². The van der Waals surface area contributed by atoms with Gasteiger partial charge in [-0.05, 0) is 37.3 Å². The quantitative estimate of drug-likeness (QED) is 0.418. The van der Waals surface area contributed by atoms with Crippen LogP contribution in [0.15, 0.2) is 72.8 Å². The number of amides is 1. The summed E-state index contributed by atoms with van der Waals surface area (Å²) in [6, 6.07) is 22.4. The maximum Gasteiger partial charge on any atom is 0.234 e. The largest absolute Gasteiger partial charge is 0.341 e. The molecule has 150 valence electrons. The SMILES string of the molecule is Cc1ccc(NC(=O)CSCc2nc3ccc(C(=O)c4ccccc4)cc3[nH]2)cc1. The highest BCUT2D eigenvalue weighted by Gasteiger charge is 2.11. The van der Waals surface area contributed by atoms with Crippen molar-refractivity contribution in [3.05, 3.63) is 95.3 Å². The molecule has 0 radical (unpaired) electrons. The molecule has 0 saturated carbocycles. The first-order chi connectivity index (χ1) is 14.6. The van der Waals surface area contributed by atoms with Gasteiger partial charge in [-0.3, -0.25) is 9.59 Å². The zero-order valence-corrected chi connectivity index (χ0v) is 17.3. The molecule has 5 nitrogen and oxygen atoms in total. The Labute approximate surface area is 178 Å². The van der Waals surface area contributed by atoms with Crippen molar-refractivity contribution in [3.8, 4) is 0 Å². The van der Waals surface area contributed by atoms with Crippen molar-refractivity contribution in [2.45, 2.75) is 12.7 Å². The van der Waals surface area contributed by atoms with Gasteiger partial charge in [0.05, 0.1) is 22.5 Å². The van der Waals surface area contributed by atoms with Crippen LogP contribution in [-0.2, 0) is 10.5 Å². The fourth-order valence-electron chi connectivity index (χ4n) is 3.10. The molecule has 0 bridgehead atoms. The van der Waals surface area contributed by atoms with E-state index in [1.54, 1.807) is 6.07 Å². The van der Waals surface area contributed by atoms with Gasteiger partial charge in [0.25, 0.3) is 0 Å². The molecule has 1 heterocycles. The highest BCUT2D eigenvalue weighted by Crippen LogP contribution is 2.19. The zero-order valence-electron chi connectivity index (χ0n) is 16.5. The van der Waals surface area contributed by atoms with Crippen LogP contribution < -0.4 is 5.32 Å². The lowest BCUT2D eigenvalue weighted by Gasteiger charge is -2.04. The van der Waals surface area contributed by atoms with E-state index in [9.17, 15) is 9.59 Å². The second kappa shape index (κ2) is 8.97. The highest BCUT2D eigenvalue weighted by atomic mass is 32.2. The molecule has 0 aliphatic heterocycles. The minimum Gasteiger partial charge on any atom is -0.341 e. The number of hydrogen-bond acceptors (Lipinski definition) is 4. The van der Waals surface area contributed by atoms with Crippen LogP contribution in [0, 0.1) is 6.92 Å². The van der Waals surface area contributed by atoms with E-state index in [0.717, 1.165) is 28.1 Å². The van der Waals surface area contributed by atoms with Crippen LogP contribution in [0.1, 0.15) is 27.3 Å². The van der Waals surface area contributed by atoms with E-state index in [-0.39, 0.29) is 11.7 Å². The number of benzene rings is 3. The van der Waals surface area contributed by atoms with Crippen molar-refractivity contribution in [1.82, 2.24) is 9.97 Å². The molecule has 0 aliphatic rings. The van der Waals surface area contributed by atoms with Gasteiger partial charge in [-0.2, -0.15) is 0 Å². The van der Waals surface area contributed by atoms with Crippen LogP contribution in [0.25, 0.3) is 11.0 Å². The topological polar surface area (TPSA) is 74.8 Å². The maximum absolute atomic E-state index is 12.6. The van der Waals surface area contributed by atoms with E-state index in [1.165, 1.54) is 11.8 Å². The number of carbonyl (C=O) groups excluding carboxylic acids is 2. The minimum atomic E-state index is -0.0456. The molecule has 0 saturated heterocycles. The lowest BCUT2D eigenvalue weighted by molar-refractivity contribution is -0.113. The Balaban J connectivity index is 1.36. The first-order valence-corrected chi connectivity index (χ1v) is 10.8. The second-order valence-electron chi connectivity index (χ2n) is 7.02. The van der Waals surface area contributed by atoms with Crippen LogP contribution in [0.4, 0.5) is 5.69 Å². The van der Waals surface area contributed by atoms with Crippen molar-refractivity contribution >= 4 is 40.2 Å². The Morgan fingerprint density at radius 1 is 0.967 bits per heavy atom. The van der Waals surface area contributed by atoms with Gasteiger partial charge in [-0.1, -0.05) is 48.0 Å². The van der Waals surface area contributed by atoms with Crippen LogP contribution in [0.5, 0.6) is 0 Å². The third kappa shape index (κ3) is 4.78. The van der Waals surface area contributed by atoms with Gasteiger partial charge >= 0.3 is 0 Å². The summed E-state index contributed by atoms with van der Waals surface area (Å²) in [6.45, 7) is 2.01. The Morgan fingerprint density at radius 3 is 2.50 bits per heavy atom. The van der Waals surface area contributed by atoms with Crippen LogP contribution >= 0.6 is 11.8 Å². The summed E-state index contributed by atoms with van der Waals surface area (Å²) >= 11 is 1.49. The molecular formula is C24H21N3O2S. The smallest absolute Gasteiger partial charge is 0.234 e. The lowest BCUT2D eigenvalue weighted by atomic mass is 10.0. The molecule has 2 N–H and O–H groups in total. The van der Waals surface area contributed by atoms with Gasteiger partial charge in [0.1, 0.15) is 5.82 Å². The average molecular weight is 416 g/mol. The molecule has 1 amide bonds. The number of H-pyrrole nitrogens is 1. The number of thioether (sulfide) groups is 1. The Morgan fingerprint density at radius 2 is 1.73 bits per heavy atom. The maximum atomic E-state index is 12.6. The number of nitrogens with zero attached hydrogens (tertiary/aromatic N) is 1. The number of aromatic nitrogens is 2. The number of fused-ring (bicyclic) bond motifs is 1. The Bertz CT molecular complexity index is 1180. The first kappa shape index (κ1) is 19.9. The number of rotatable bonds is 7. The number of carbonyl (C=O) groups is 2. The summed E-state index contributed by atoms with van der Waals surface area (Å²) in [5, 5.41) is 2.89. The molecule has 30 heavy (non-hydrogen) atoms. The van der Waals surface area contributed by atoms with Gasteiger partial charge in [0.2, 0.25) is 5.91 Å². The van der Waals surface area contributed by atoms with Gasteiger partial charge in [0, 0.05) is 16.8 Å². The Kier molecular flexibility index (Phi) is 5.95. The molecule has 0 aliphatic carbocycles. The summed E-state index contributed by atoms with van der Waals surface area (Å²) in [7, 11) is 0. The fraction of sp³-hybridized carbons (Fsp3) is 0.125. The van der Waals surface area contributed by atoms with Crippen molar-refractivity contribution in [2.24, 2.45) is 0 Å². The number of imidazole rings is 1. The normalized spacial score (nSPS) is 10.8. The summed E-state index contributed by atoms with van der Waals surface area (Å²) < 4.78 is 0. The van der Waals surface area contributed by atoms with Crippen molar-refractivity contribution < 1.29 is 9.59 Å². The molecule has 6 heteroatoms. The zero-order chi connectivity index (χ0) is 20.9. The van der Waals surface area contributed by atoms with Crippen LogP contribution in [0.2, 0.25) is 0 Å². The van der Waals surface area contributed by atoms with E-state index in [1.807, 2.05) is 73.7 Å². The predicted octanol–water partition coefficient (Wildman–Crippen LogP) is 4.97. The molecule has 3 aromatic carbocycles. The molecule has 0 atom stereocenters. The van der Waals surface area contributed by atoms with E-state index in [0.29, 0.717) is 22.6 Å². The molecule has 0 unspecified atom stereocenters. The molecule has 1 aromatic heterocycles. The van der Waals surface area contributed by atoms with E-state index >= 15 is 0 Å². The van der Waals surface area contributed by atoms with E-state index in [2.05, 4.69) is 15.3 Å². The first-order valence-electron chi connectivity index (χ1n) is 9.61. The lowest BCUT2D eigenvalue weighted by Crippen LogP contribution is -2.14. The number of aryl methyl sites for hydroxylation is 1. The van der Waals surface area contributed by atoms with Gasteiger partial charge in [-0.15, -0.1) is 11.8 Å². The Hall–Kier alpha value is -3.38. The van der Waals surface area contributed by atoms with Crippen molar-refractivity contribution in [3.63, 3.8) is 0 Å². The van der Waals surface area contributed by atoms with Gasteiger partial charge < -0.3 is 10.3 Å². The summed E-state index contributed by atoms with van der Waals surface area (Å²) in [5.41, 5.74) is 4.85. The number of aromatic amines is 1. The second-order valence-corrected chi connectivity index (χ2v) is 8.00. The summed E-state index contributed by atoms with van der Waals surface area (Å²) in [5.74, 6) is 1.63. The van der Waals surface area contributed by atoms with Gasteiger partial charge in [-0.25, -0.2) is 4.98 Å². The third-order valence-electron chi connectivity index (χ3n) is 4.64. The van der Waals surface area contributed by atoms with Crippen molar-refractivity contribution in [2.75, 3.05) is 11.1 Å². The summed E-state index contributed by atoms with van der Waals surface area (Å²) in [4.78, 5) is 32.6. The molecule has 0 spiro atoms. The number of ketones is 1. The number of hydrogen-bond donors (Lipinski definition) is 2.